The van der Waals surface area contributed by atoms with Crippen LogP contribution in [0.4, 0.5) is 4.39 Å². The molecule has 106 valence electrons. The SMILES string of the molecule is Cl.O=C(NC1CCCNC1)c1cc(F)c(Cl)cc1Cl. The molecule has 1 aliphatic heterocycles. The molecule has 0 saturated carbocycles. The standard InChI is InChI=1S/C12H13Cl2FN2O.ClH/c13-9-5-10(14)11(15)4-8(9)12(18)17-7-2-1-3-16-6-7;/h4-5,7,16H,1-3,6H2,(H,17,18);1H. The number of halogens is 4. The van der Waals surface area contributed by atoms with Gasteiger partial charge in [0.15, 0.2) is 0 Å². The van der Waals surface area contributed by atoms with Crippen LogP contribution in [-0.2, 0) is 0 Å². The third-order valence-electron chi connectivity index (χ3n) is 2.89. The van der Waals surface area contributed by atoms with Gasteiger partial charge in [-0.3, -0.25) is 4.79 Å². The second kappa shape index (κ2) is 7.29. The Labute approximate surface area is 127 Å². The fraction of sp³-hybridized carbons (Fsp3) is 0.417. The van der Waals surface area contributed by atoms with Gasteiger partial charge in [0.25, 0.3) is 5.91 Å². The van der Waals surface area contributed by atoms with Crippen molar-refractivity contribution in [3.63, 3.8) is 0 Å². The van der Waals surface area contributed by atoms with Gasteiger partial charge in [-0.15, -0.1) is 12.4 Å². The Morgan fingerprint density at radius 2 is 2.11 bits per heavy atom. The first-order chi connectivity index (χ1) is 8.58. The smallest absolute Gasteiger partial charge is 0.253 e. The van der Waals surface area contributed by atoms with E-state index in [-0.39, 0.29) is 40.0 Å². The van der Waals surface area contributed by atoms with E-state index in [4.69, 9.17) is 23.2 Å². The largest absolute Gasteiger partial charge is 0.348 e. The molecule has 1 aromatic carbocycles. The molecular weight excluding hydrogens is 314 g/mol. The van der Waals surface area contributed by atoms with E-state index in [9.17, 15) is 9.18 Å². The normalized spacial score (nSPS) is 18.6. The van der Waals surface area contributed by atoms with Gasteiger partial charge in [0.1, 0.15) is 5.82 Å². The van der Waals surface area contributed by atoms with Gasteiger partial charge in [0.2, 0.25) is 0 Å². The van der Waals surface area contributed by atoms with Crippen LogP contribution in [0.2, 0.25) is 10.0 Å². The Morgan fingerprint density at radius 3 is 2.74 bits per heavy atom. The molecule has 7 heteroatoms. The van der Waals surface area contributed by atoms with Gasteiger partial charge in [-0.05, 0) is 31.5 Å². The second-order valence-corrected chi connectivity index (χ2v) is 5.08. The minimum Gasteiger partial charge on any atom is -0.348 e. The van der Waals surface area contributed by atoms with Gasteiger partial charge in [-0.2, -0.15) is 0 Å². The number of carbonyl (C=O) groups is 1. The summed E-state index contributed by atoms with van der Waals surface area (Å²) in [4.78, 5) is 12.0. The van der Waals surface area contributed by atoms with E-state index in [2.05, 4.69) is 10.6 Å². The number of hydrogen-bond donors (Lipinski definition) is 2. The van der Waals surface area contributed by atoms with E-state index in [1.54, 1.807) is 0 Å². The van der Waals surface area contributed by atoms with Gasteiger partial charge < -0.3 is 10.6 Å². The van der Waals surface area contributed by atoms with Crippen LogP contribution in [0.5, 0.6) is 0 Å². The van der Waals surface area contributed by atoms with Crippen molar-refractivity contribution in [1.29, 1.82) is 0 Å². The summed E-state index contributed by atoms with van der Waals surface area (Å²) in [5, 5.41) is 6.08. The number of rotatable bonds is 2. The number of benzene rings is 1. The Morgan fingerprint density at radius 1 is 1.37 bits per heavy atom. The van der Waals surface area contributed by atoms with Crippen molar-refractivity contribution < 1.29 is 9.18 Å². The van der Waals surface area contributed by atoms with Crippen LogP contribution < -0.4 is 10.6 Å². The maximum Gasteiger partial charge on any atom is 0.253 e. The van der Waals surface area contributed by atoms with Gasteiger partial charge in [-0.1, -0.05) is 23.2 Å². The van der Waals surface area contributed by atoms with E-state index in [1.807, 2.05) is 0 Å². The third kappa shape index (κ3) is 4.21. The molecule has 1 heterocycles. The van der Waals surface area contributed by atoms with Crippen molar-refractivity contribution in [2.24, 2.45) is 0 Å². The molecule has 2 rings (SSSR count). The van der Waals surface area contributed by atoms with E-state index < -0.39 is 5.82 Å². The van der Waals surface area contributed by atoms with Gasteiger partial charge in [0, 0.05) is 12.6 Å². The van der Waals surface area contributed by atoms with E-state index >= 15 is 0 Å². The Hall–Kier alpha value is -0.550. The maximum absolute atomic E-state index is 13.3. The van der Waals surface area contributed by atoms with Crippen molar-refractivity contribution in [1.82, 2.24) is 10.6 Å². The van der Waals surface area contributed by atoms with Crippen molar-refractivity contribution in [2.45, 2.75) is 18.9 Å². The molecule has 1 atom stereocenters. The van der Waals surface area contributed by atoms with Crippen LogP contribution in [0.1, 0.15) is 23.2 Å². The van der Waals surface area contributed by atoms with Crippen molar-refractivity contribution >= 4 is 41.5 Å². The molecule has 0 bridgehead atoms. The summed E-state index contributed by atoms with van der Waals surface area (Å²) in [5.74, 6) is -1.02. The van der Waals surface area contributed by atoms with Crippen LogP contribution in [0.25, 0.3) is 0 Å². The summed E-state index contributed by atoms with van der Waals surface area (Å²) >= 11 is 11.5. The van der Waals surface area contributed by atoms with Gasteiger partial charge in [0.05, 0.1) is 15.6 Å². The average Bonchev–Trinajstić information content (AvgIpc) is 2.35. The number of amides is 1. The molecule has 1 saturated heterocycles. The van der Waals surface area contributed by atoms with Crippen molar-refractivity contribution in [3.8, 4) is 0 Å². The Kier molecular flexibility index (Phi) is 6.33. The van der Waals surface area contributed by atoms with Crippen LogP contribution in [0.3, 0.4) is 0 Å². The Balaban J connectivity index is 0.00000180. The van der Waals surface area contributed by atoms with Crippen molar-refractivity contribution in [2.75, 3.05) is 13.1 Å². The molecule has 1 aliphatic rings. The quantitative estimate of drug-likeness (QED) is 0.820. The monoisotopic (exact) mass is 326 g/mol. The van der Waals surface area contributed by atoms with Crippen LogP contribution in [-0.4, -0.2) is 25.0 Å². The fourth-order valence-corrected chi connectivity index (χ4v) is 2.40. The number of carbonyl (C=O) groups excluding carboxylic acids is 1. The number of nitrogens with one attached hydrogen (secondary N) is 2. The highest BCUT2D eigenvalue weighted by atomic mass is 35.5. The predicted octanol–water partition coefficient (Wildman–Crippen LogP) is 3.04. The number of piperidine rings is 1. The molecule has 0 aliphatic carbocycles. The second-order valence-electron chi connectivity index (χ2n) is 4.26. The zero-order valence-corrected chi connectivity index (χ0v) is 12.3. The molecule has 2 N–H and O–H groups in total. The highest BCUT2D eigenvalue weighted by Gasteiger charge is 2.19. The van der Waals surface area contributed by atoms with Gasteiger partial charge in [-0.25, -0.2) is 4.39 Å². The van der Waals surface area contributed by atoms with Crippen LogP contribution in [0.15, 0.2) is 12.1 Å². The summed E-state index contributed by atoms with van der Waals surface area (Å²) in [6, 6.07) is 2.36. The molecule has 1 amide bonds. The molecule has 1 aromatic rings. The maximum atomic E-state index is 13.3. The summed E-state index contributed by atoms with van der Waals surface area (Å²) in [6.07, 6.45) is 1.92. The average molecular weight is 328 g/mol. The lowest BCUT2D eigenvalue weighted by Gasteiger charge is -2.24. The minimum atomic E-state index is -0.645. The highest BCUT2D eigenvalue weighted by molar-refractivity contribution is 6.36. The molecule has 0 aromatic heterocycles. The molecular formula is C12H14Cl3FN2O. The van der Waals surface area contributed by atoms with Crippen LogP contribution >= 0.6 is 35.6 Å². The zero-order valence-electron chi connectivity index (χ0n) is 10.0. The molecule has 3 nitrogen and oxygen atoms in total. The minimum absolute atomic E-state index is 0. The Bertz CT molecular complexity index is 465. The highest BCUT2D eigenvalue weighted by Crippen LogP contribution is 2.24. The molecule has 1 unspecified atom stereocenters. The first kappa shape index (κ1) is 16.5. The topological polar surface area (TPSA) is 41.1 Å². The zero-order chi connectivity index (χ0) is 13.1. The summed E-state index contributed by atoms with van der Waals surface area (Å²) in [7, 11) is 0. The lowest BCUT2D eigenvalue weighted by atomic mass is 10.1. The van der Waals surface area contributed by atoms with Gasteiger partial charge >= 0.3 is 0 Å². The van der Waals surface area contributed by atoms with Crippen molar-refractivity contribution in [3.05, 3.63) is 33.6 Å². The lowest BCUT2D eigenvalue weighted by molar-refractivity contribution is 0.0930. The lowest BCUT2D eigenvalue weighted by Crippen LogP contribution is -2.45. The predicted molar refractivity (Wildman–Crippen MR) is 77.0 cm³/mol. The summed E-state index contributed by atoms with van der Waals surface area (Å²) < 4.78 is 13.3. The molecule has 19 heavy (non-hydrogen) atoms. The van der Waals surface area contributed by atoms with E-state index in [1.165, 1.54) is 6.07 Å². The summed E-state index contributed by atoms with van der Waals surface area (Å²) in [5.41, 5.74) is 0.115. The first-order valence-corrected chi connectivity index (χ1v) is 6.49. The molecule has 0 spiro atoms. The molecule has 0 radical (unpaired) electrons. The van der Waals surface area contributed by atoms with Crippen LogP contribution in [0, 0.1) is 5.82 Å². The number of hydrogen-bond acceptors (Lipinski definition) is 2. The molecule has 1 fully saturated rings. The van der Waals surface area contributed by atoms with E-state index in [0.29, 0.717) is 0 Å². The third-order valence-corrected chi connectivity index (χ3v) is 3.49. The van der Waals surface area contributed by atoms with E-state index in [0.717, 1.165) is 32.0 Å². The first-order valence-electron chi connectivity index (χ1n) is 5.74. The fourth-order valence-electron chi connectivity index (χ4n) is 1.93. The summed E-state index contributed by atoms with van der Waals surface area (Å²) in [6.45, 7) is 1.68.